The van der Waals surface area contributed by atoms with E-state index >= 15 is 0 Å². The molecule has 0 radical (unpaired) electrons. The van der Waals surface area contributed by atoms with Crippen molar-refractivity contribution in [3.8, 4) is 0 Å². The van der Waals surface area contributed by atoms with Crippen LogP contribution in [0.3, 0.4) is 0 Å². The van der Waals surface area contributed by atoms with Gasteiger partial charge in [-0.3, -0.25) is 0 Å². The van der Waals surface area contributed by atoms with Crippen molar-refractivity contribution >= 4 is 0 Å². The first-order chi connectivity index (χ1) is 9.01. The van der Waals surface area contributed by atoms with E-state index in [1.54, 1.807) is 0 Å². The van der Waals surface area contributed by atoms with E-state index in [9.17, 15) is 0 Å². The molecule has 3 atom stereocenters. The molecule has 0 saturated heterocycles. The molecule has 3 unspecified atom stereocenters. The maximum absolute atomic E-state index is 3.58. The van der Waals surface area contributed by atoms with E-state index in [-0.39, 0.29) is 0 Å². The summed E-state index contributed by atoms with van der Waals surface area (Å²) in [7, 11) is 2.11. The molecule has 0 heterocycles. The standard InChI is InChI=1S/C18H29N/c1-12-8-13(2)10-17(9-12)18(19-5)16-7-6-14(3)15(4)11-16/h6-7,11-13,17-19H,8-10H2,1-5H3. The Bertz CT molecular complexity index is 414. The molecule has 0 aliphatic heterocycles. The van der Waals surface area contributed by atoms with Crippen LogP contribution in [-0.4, -0.2) is 7.05 Å². The highest BCUT2D eigenvalue weighted by Crippen LogP contribution is 2.39. The molecule has 1 heteroatoms. The van der Waals surface area contributed by atoms with Gasteiger partial charge in [-0.05, 0) is 74.6 Å². The third-order valence-corrected chi connectivity index (χ3v) is 4.89. The third-order valence-electron chi connectivity index (χ3n) is 4.89. The molecule has 0 bridgehead atoms. The lowest BCUT2D eigenvalue weighted by Gasteiger charge is -2.37. The van der Waals surface area contributed by atoms with E-state index in [4.69, 9.17) is 0 Å². The van der Waals surface area contributed by atoms with Crippen molar-refractivity contribution in [2.75, 3.05) is 7.05 Å². The number of hydrogen-bond acceptors (Lipinski definition) is 1. The number of hydrogen-bond donors (Lipinski definition) is 1. The minimum Gasteiger partial charge on any atom is -0.313 e. The summed E-state index contributed by atoms with van der Waals surface area (Å²) in [5, 5.41) is 3.58. The predicted octanol–water partition coefficient (Wildman–Crippen LogP) is 4.64. The van der Waals surface area contributed by atoms with Crippen LogP contribution >= 0.6 is 0 Å². The fraction of sp³-hybridized carbons (Fsp3) is 0.667. The van der Waals surface area contributed by atoms with Gasteiger partial charge in [0, 0.05) is 6.04 Å². The van der Waals surface area contributed by atoms with Crippen LogP contribution in [-0.2, 0) is 0 Å². The fourth-order valence-electron chi connectivity index (χ4n) is 3.91. The van der Waals surface area contributed by atoms with Crippen molar-refractivity contribution in [1.29, 1.82) is 0 Å². The van der Waals surface area contributed by atoms with Gasteiger partial charge in [0.2, 0.25) is 0 Å². The van der Waals surface area contributed by atoms with Crippen LogP contribution in [0, 0.1) is 31.6 Å². The second-order valence-corrected chi connectivity index (χ2v) is 6.79. The van der Waals surface area contributed by atoms with Crippen LogP contribution in [0.25, 0.3) is 0 Å². The van der Waals surface area contributed by atoms with Crippen LogP contribution in [0.5, 0.6) is 0 Å². The zero-order chi connectivity index (χ0) is 14.0. The first kappa shape index (κ1) is 14.6. The molecule has 1 nitrogen and oxygen atoms in total. The average molecular weight is 259 g/mol. The molecule has 1 aliphatic carbocycles. The number of nitrogens with one attached hydrogen (secondary N) is 1. The van der Waals surface area contributed by atoms with Gasteiger partial charge in [0.15, 0.2) is 0 Å². The first-order valence-electron chi connectivity index (χ1n) is 7.75. The zero-order valence-electron chi connectivity index (χ0n) is 13.2. The minimum absolute atomic E-state index is 0.518. The molecule has 0 amide bonds. The molecule has 2 rings (SSSR count). The molecule has 1 fully saturated rings. The lowest BCUT2D eigenvalue weighted by molar-refractivity contribution is 0.180. The summed E-state index contributed by atoms with van der Waals surface area (Å²) in [5.41, 5.74) is 4.27. The van der Waals surface area contributed by atoms with E-state index in [0.717, 1.165) is 17.8 Å². The van der Waals surface area contributed by atoms with Crippen molar-refractivity contribution < 1.29 is 0 Å². The van der Waals surface area contributed by atoms with Gasteiger partial charge in [-0.15, -0.1) is 0 Å². The molecule has 1 aliphatic rings. The van der Waals surface area contributed by atoms with E-state index in [2.05, 4.69) is 58.3 Å². The lowest BCUT2D eigenvalue weighted by Crippen LogP contribution is -2.31. The van der Waals surface area contributed by atoms with Gasteiger partial charge in [-0.2, -0.15) is 0 Å². The van der Waals surface area contributed by atoms with Gasteiger partial charge in [0.05, 0.1) is 0 Å². The van der Waals surface area contributed by atoms with Crippen LogP contribution in [0.4, 0.5) is 0 Å². The Labute approximate surface area is 118 Å². The summed E-state index contributed by atoms with van der Waals surface area (Å²) >= 11 is 0. The van der Waals surface area contributed by atoms with Gasteiger partial charge in [0.1, 0.15) is 0 Å². The van der Waals surface area contributed by atoms with E-state index in [0.29, 0.717) is 6.04 Å². The highest BCUT2D eigenvalue weighted by molar-refractivity contribution is 5.32. The molecular formula is C18H29N. The molecule has 1 saturated carbocycles. The monoisotopic (exact) mass is 259 g/mol. The first-order valence-corrected chi connectivity index (χ1v) is 7.75. The van der Waals surface area contributed by atoms with Crippen molar-refractivity contribution in [2.45, 2.75) is 53.0 Å². The van der Waals surface area contributed by atoms with Crippen LogP contribution in [0.1, 0.15) is 55.8 Å². The molecule has 0 aromatic heterocycles. The predicted molar refractivity (Wildman–Crippen MR) is 83.4 cm³/mol. The van der Waals surface area contributed by atoms with Crippen LogP contribution in [0.15, 0.2) is 18.2 Å². The zero-order valence-corrected chi connectivity index (χ0v) is 13.2. The third kappa shape index (κ3) is 3.39. The lowest BCUT2D eigenvalue weighted by atomic mass is 9.72. The summed E-state index contributed by atoms with van der Waals surface area (Å²) in [4.78, 5) is 0. The normalized spacial score (nSPS) is 29.2. The van der Waals surface area contributed by atoms with Gasteiger partial charge >= 0.3 is 0 Å². The molecule has 0 spiro atoms. The summed E-state index contributed by atoms with van der Waals surface area (Å²) in [5.74, 6) is 2.53. The summed E-state index contributed by atoms with van der Waals surface area (Å²) in [6.07, 6.45) is 4.13. The van der Waals surface area contributed by atoms with Gasteiger partial charge in [0.25, 0.3) is 0 Å². The van der Waals surface area contributed by atoms with Crippen LogP contribution in [0.2, 0.25) is 0 Å². The quantitative estimate of drug-likeness (QED) is 0.834. The van der Waals surface area contributed by atoms with Gasteiger partial charge < -0.3 is 5.32 Å². The van der Waals surface area contributed by atoms with E-state index in [1.807, 2.05) is 0 Å². The maximum Gasteiger partial charge on any atom is 0.0346 e. The fourth-order valence-corrected chi connectivity index (χ4v) is 3.91. The molecule has 106 valence electrons. The van der Waals surface area contributed by atoms with Crippen molar-refractivity contribution in [2.24, 2.45) is 17.8 Å². The highest BCUT2D eigenvalue weighted by atomic mass is 14.9. The van der Waals surface area contributed by atoms with Crippen molar-refractivity contribution in [1.82, 2.24) is 5.32 Å². The van der Waals surface area contributed by atoms with Gasteiger partial charge in [-0.25, -0.2) is 0 Å². The number of rotatable bonds is 3. The summed E-state index contributed by atoms with van der Waals surface area (Å²) in [6.45, 7) is 9.24. The summed E-state index contributed by atoms with van der Waals surface area (Å²) in [6, 6.07) is 7.47. The molecule has 1 aromatic rings. The van der Waals surface area contributed by atoms with Crippen molar-refractivity contribution in [3.63, 3.8) is 0 Å². The largest absolute Gasteiger partial charge is 0.313 e. The second kappa shape index (κ2) is 6.09. The number of benzene rings is 1. The Kier molecular flexibility index (Phi) is 4.67. The maximum atomic E-state index is 3.58. The highest BCUT2D eigenvalue weighted by Gasteiger charge is 2.30. The second-order valence-electron chi connectivity index (χ2n) is 6.79. The Balaban J connectivity index is 2.21. The van der Waals surface area contributed by atoms with E-state index in [1.165, 1.54) is 36.0 Å². The average Bonchev–Trinajstić information content (AvgIpc) is 2.33. The topological polar surface area (TPSA) is 12.0 Å². The molecule has 1 N–H and O–H groups in total. The molecular weight excluding hydrogens is 230 g/mol. The van der Waals surface area contributed by atoms with Gasteiger partial charge in [-0.1, -0.05) is 32.0 Å². The molecule has 19 heavy (non-hydrogen) atoms. The van der Waals surface area contributed by atoms with E-state index < -0.39 is 0 Å². The SMILES string of the molecule is CNC(c1ccc(C)c(C)c1)C1CC(C)CC(C)C1. The minimum atomic E-state index is 0.518. The number of aryl methyl sites for hydroxylation is 2. The summed E-state index contributed by atoms with van der Waals surface area (Å²) < 4.78 is 0. The Morgan fingerprint density at radius 1 is 1.00 bits per heavy atom. The van der Waals surface area contributed by atoms with Crippen molar-refractivity contribution in [3.05, 3.63) is 34.9 Å². The Morgan fingerprint density at radius 2 is 1.63 bits per heavy atom. The van der Waals surface area contributed by atoms with Crippen LogP contribution < -0.4 is 5.32 Å². The molecule has 1 aromatic carbocycles. The Hall–Kier alpha value is -0.820. The Morgan fingerprint density at radius 3 is 2.16 bits per heavy atom. The smallest absolute Gasteiger partial charge is 0.0346 e.